The molecule has 2 aliphatic rings. The molecule has 0 amide bonds. The van der Waals surface area contributed by atoms with Crippen LogP contribution in [-0.4, -0.2) is 23.3 Å². The van der Waals surface area contributed by atoms with E-state index in [4.69, 9.17) is 0 Å². The van der Waals surface area contributed by atoms with Crippen molar-refractivity contribution in [2.45, 2.75) is 104 Å². The predicted molar refractivity (Wildman–Crippen MR) is 122 cm³/mol. The fourth-order valence-corrected chi connectivity index (χ4v) is 3.81. The third-order valence-electron chi connectivity index (χ3n) is 5.78. The average molecular weight is 403 g/mol. The molecule has 2 atom stereocenters. The Hall–Kier alpha value is -1.48. The number of allylic oxidation sites excluding steroid dienone is 6. The zero-order chi connectivity index (χ0) is 21.7. The van der Waals surface area contributed by atoms with Crippen LogP contribution in [-0.2, 0) is 9.59 Å². The van der Waals surface area contributed by atoms with Crippen molar-refractivity contribution in [2.24, 2.45) is 11.8 Å². The average Bonchev–Trinajstić information content (AvgIpc) is 2.68. The van der Waals surface area contributed by atoms with Crippen molar-refractivity contribution in [3.8, 4) is 0 Å². The summed E-state index contributed by atoms with van der Waals surface area (Å²) < 4.78 is 0. The monoisotopic (exact) mass is 402 g/mol. The Bertz CT molecular complexity index is 586. The molecule has 0 fully saturated rings. The van der Waals surface area contributed by atoms with Crippen molar-refractivity contribution >= 4 is 12.6 Å². The Morgan fingerprint density at radius 2 is 1.52 bits per heavy atom. The molecule has 1 N–H and O–H groups in total. The largest absolute Gasteiger partial charge is 0.390 e. The summed E-state index contributed by atoms with van der Waals surface area (Å²) in [6, 6.07) is 0. The molecule has 0 radical (unpaired) electrons. The number of aliphatic hydroxyl groups is 1. The van der Waals surface area contributed by atoms with E-state index >= 15 is 0 Å². The van der Waals surface area contributed by atoms with Gasteiger partial charge in [0.1, 0.15) is 12.6 Å². The summed E-state index contributed by atoms with van der Waals surface area (Å²) in [6.45, 7) is 7.98. The van der Waals surface area contributed by atoms with Gasteiger partial charge in [0.05, 0.1) is 5.60 Å². The molecule has 3 nitrogen and oxygen atoms in total. The Morgan fingerprint density at radius 3 is 1.90 bits per heavy atom. The molecule has 164 valence electrons. The summed E-state index contributed by atoms with van der Waals surface area (Å²) >= 11 is 0. The highest BCUT2D eigenvalue weighted by atomic mass is 16.3. The third kappa shape index (κ3) is 12.6. The zero-order valence-corrected chi connectivity index (χ0v) is 19.1. The minimum Gasteiger partial charge on any atom is -0.390 e. The van der Waals surface area contributed by atoms with Crippen LogP contribution in [0.1, 0.15) is 98.3 Å². The Kier molecular flexibility index (Phi) is 12.1. The van der Waals surface area contributed by atoms with Crippen LogP contribution in [0.15, 0.2) is 34.9 Å². The first kappa shape index (κ1) is 25.6. The lowest BCUT2D eigenvalue weighted by atomic mass is 9.87. The van der Waals surface area contributed by atoms with E-state index < -0.39 is 5.60 Å². The van der Waals surface area contributed by atoms with Crippen LogP contribution in [0.2, 0.25) is 0 Å². The van der Waals surface area contributed by atoms with E-state index in [1.54, 1.807) is 5.57 Å². The molecule has 2 unspecified atom stereocenters. The lowest BCUT2D eigenvalue weighted by Gasteiger charge is -2.20. The normalized spacial score (nSPS) is 21.8. The standard InChI is InChI=1S/C13H22O2.C13H20O/c1-13(2,15)9-3-4-11-5-7-12(10-14)8-6-11;1-11(2)4-3-5-12-6-8-13(10-14)9-7-12/h5,10,12,15H,3-4,6-9H2,1-2H3;4,6,10,13H,3,5,7-9H2,1-2H3. The summed E-state index contributed by atoms with van der Waals surface area (Å²) in [5.41, 5.74) is 3.87. The molecular weight excluding hydrogens is 360 g/mol. The van der Waals surface area contributed by atoms with E-state index in [1.165, 1.54) is 17.6 Å². The molecule has 0 saturated carbocycles. The molecule has 0 aromatic rings. The first-order valence-corrected chi connectivity index (χ1v) is 11.4. The van der Waals surface area contributed by atoms with Gasteiger partial charge < -0.3 is 14.7 Å². The van der Waals surface area contributed by atoms with E-state index in [9.17, 15) is 14.7 Å². The van der Waals surface area contributed by atoms with Gasteiger partial charge in [-0.15, -0.1) is 0 Å². The predicted octanol–water partition coefficient (Wildman–Crippen LogP) is 6.51. The fourth-order valence-electron chi connectivity index (χ4n) is 3.81. The zero-order valence-electron chi connectivity index (χ0n) is 19.1. The first-order chi connectivity index (χ1) is 13.7. The molecule has 0 aromatic carbocycles. The number of hydrogen-bond acceptors (Lipinski definition) is 3. The number of carbonyl (C=O) groups excluding carboxylic acids is 2. The molecule has 0 heterocycles. The van der Waals surface area contributed by atoms with Gasteiger partial charge in [-0.1, -0.05) is 34.9 Å². The Labute approximate surface area is 178 Å². The minimum absolute atomic E-state index is 0.253. The summed E-state index contributed by atoms with van der Waals surface area (Å²) in [5.74, 6) is 0.547. The summed E-state index contributed by atoms with van der Waals surface area (Å²) in [4.78, 5) is 21.1. The van der Waals surface area contributed by atoms with Crippen LogP contribution in [0, 0.1) is 11.8 Å². The van der Waals surface area contributed by atoms with Crippen LogP contribution in [0.5, 0.6) is 0 Å². The van der Waals surface area contributed by atoms with Crippen molar-refractivity contribution in [3.05, 3.63) is 34.9 Å². The maximum atomic E-state index is 10.5. The number of aldehydes is 2. The smallest absolute Gasteiger partial charge is 0.123 e. The Balaban J connectivity index is 0.000000291. The van der Waals surface area contributed by atoms with Crippen molar-refractivity contribution in [2.75, 3.05) is 0 Å². The molecule has 0 aromatic heterocycles. The van der Waals surface area contributed by atoms with E-state index in [1.807, 2.05) is 13.8 Å². The molecule has 2 rings (SSSR count). The molecule has 0 aliphatic heterocycles. The molecule has 0 saturated heterocycles. The van der Waals surface area contributed by atoms with Gasteiger partial charge in [-0.3, -0.25) is 0 Å². The number of carbonyl (C=O) groups is 2. The number of hydrogen-bond donors (Lipinski definition) is 1. The number of rotatable bonds is 9. The van der Waals surface area contributed by atoms with Crippen LogP contribution in [0.4, 0.5) is 0 Å². The Morgan fingerprint density at radius 1 is 1.00 bits per heavy atom. The van der Waals surface area contributed by atoms with Gasteiger partial charge in [0, 0.05) is 11.8 Å². The van der Waals surface area contributed by atoms with Crippen molar-refractivity contribution in [1.29, 1.82) is 0 Å². The molecule has 0 spiro atoms. The molecule has 0 bridgehead atoms. The molecule has 2 aliphatic carbocycles. The fraction of sp³-hybridized carbons (Fsp3) is 0.692. The highest BCUT2D eigenvalue weighted by Gasteiger charge is 2.15. The second-order valence-electron chi connectivity index (χ2n) is 9.55. The van der Waals surface area contributed by atoms with Gasteiger partial charge in [-0.2, -0.15) is 0 Å². The van der Waals surface area contributed by atoms with Gasteiger partial charge in [0.25, 0.3) is 0 Å². The van der Waals surface area contributed by atoms with Crippen molar-refractivity contribution < 1.29 is 14.7 Å². The van der Waals surface area contributed by atoms with Crippen LogP contribution >= 0.6 is 0 Å². The summed E-state index contributed by atoms with van der Waals surface area (Å²) in [6.07, 6.45) is 20.4. The van der Waals surface area contributed by atoms with Crippen LogP contribution < -0.4 is 0 Å². The van der Waals surface area contributed by atoms with E-state index in [0.717, 1.165) is 76.8 Å². The quantitative estimate of drug-likeness (QED) is 0.353. The summed E-state index contributed by atoms with van der Waals surface area (Å²) in [7, 11) is 0. The third-order valence-corrected chi connectivity index (χ3v) is 5.78. The first-order valence-electron chi connectivity index (χ1n) is 11.4. The van der Waals surface area contributed by atoms with Gasteiger partial charge in [0.15, 0.2) is 0 Å². The van der Waals surface area contributed by atoms with Crippen molar-refractivity contribution in [1.82, 2.24) is 0 Å². The SMILES string of the molecule is CC(C)(O)CCCC1=CCC(C=O)CC1.CC(C)=CCCC1=CCC(C=O)CC1. The van der Waals surface area contributed by atoms with E-state index in [2.05, 4.69) is 32.1 Å². The van der Waals surface area contributed by atoms with Crippen LogP contribution in [0.25, 0.3) is 0 Å². The second-order valence-corrected chi connectivity index (χ2v) is 9.55. The maximum absolute atomic E-state index is 10.5. The highest BCUT2D eigenvalue weighted by Crippen LogP contribution is 2.27. The lowest BCUT2D eigenvalue weighted by Crippen LogP contribution is -2.18. The maximum Gasteiger partial charge on any atom is 0.123 e. The van der Waals surface area contributed by atoms with E-state index in [0.29, 0.717) is 5.92 Å². The van der Waals surface area contributed by atoms with Gasteiger partial charge in [-0.05, 0) is 98.3 Å². The molecular formula is C26H42O3. The van der Waals surface area contributed by atoms with Crippen LogP contribution in [0.3, 0.4) is 0 Å². The topological polar surface area (TPSA) is 54.4 Å². The molecule has 29 heavy (non-hydrogen) atoms. The molecule has 3 heteroatoms. The van der Waals surface area contributed by atoms with Crippen molar-refractivity contribution in [3.63, 3.8) is 0 Å². The lowest BCUT2D eigenvalue weighted by molar-refractivity contribution is -0.112. The summed E-state index contributed by atoms with van der Waals surface area (Å²) in [5, 5.41) is 9.56. The second kappa shape index (κ2) is 13.7. The van der Waals surface area contributed by atoms with Gasteiger partial charge >= 0.3 is 0 Å². The highest BCUT2D eigenvalue weighted by molar-refractivity contribution is 5.54. The van der Waals surface area contributed by atoms with Gasteiger partial charge in [-0.25, -0.2) is 0 Å². The van der Waals surface area contributed by atoms with E-state index in [-0.39, 0.29) is 5.92 Å². The minimum atomic E-state index is -0.541. The van der Waals surface area contributed by atoms with Gasteiger partial charge in [0.2, 0.25) is 0 Å².